The number of benzene rings is 2. The lowest BCUT2D eigenvalue weighted by Crippen LogP contribution is -2.31. The van der Waals surface area contributed by atoms with Gasteiger partial charge in [0.05, 0.1) is 6.61 Å². The van der Waals surface area contributed by atoms with E-state index in [0.717, 1.165) is 45.3 Å². The van der Waals surface area contributed by atoms with Crippen LogP contribution < -0.4 is 0 Å². The van der Waals surface area contributed by atoms with Crippen LogP contribution in [0.5, 0.6) is 0 Å². The zero-order chi connectivity index (χ0) is 23.1. The second kappa shape index (κ2) is 8.50. The Morgan fingerprint density at radius 3 is 2.73 bits per heavy atom. The van der Waals surface area contributed by atoms with Crippen LogP contribution in [0.15, 0.2) is 54.2 Å². The van der Waals surface area contributed by atoms with Crippen molar-refractivity contribution in [2.45, 2.75) is 44.9 Å². The number of aryl methyl sites for hydroxylation is 1. The van der Waals surface area contributed by atoms with Gasteiger partial charge in [0.2, 0.25) is 5.91 Å². The molecule has 5 nitrogen and oxygen atoms in total. The molecule has 1 saturated heterocycles. The van der Waals surface area contributed by atoms with Crippen molar-refractivity contribution in [3.63, 3.8) is 0 Å². The molecule has 2 aliphatic rings. The van der Waals surface area contributed by atoms with Crippen LogP contribution in [-0.2, 0) is 20.7 Å². The molecule has 1 fully saturated rings. The summed E-state index contributed by atoms with van der Waals surface area (Å²) in [6.07, 6.45) is 3.80. The van der Waals surface area contributed by atoms with E-state index in [1.54, 1.807) is 17.9 Å². The number of carbonyl (C=O) groups is 2. The van der Waals surface area contributed by atoms with E-state index in [-0.39, 0.29) is 30.2 Å². The lowest BCUT2D eigenvalue weighted by molar-refractivity contribution is -0.145. The number of aromatic nitrogens is 1. The molecule has 170 valence electrons. The summed E-state index contributed by atoms with van der Waals surface area (Å²) in [6, 6.07) is 12.8. The maximum Gasteiger partial charge on any atom is 0.315 e. The number of likely N-dealkylation sites (tertiary alicyclic amines) is 1. The first-order valence-corrected chi connectivity index (χ1v) is 11.5. The minimum atomic E-state index is -0.615. The second-order valence-electron chi connectivity index (χ2n) is 8.90. The average Bonchev–Trinajstić information content (AvgIpc) is 3.36. The number of nitrogens with zero attached hydrogens (tertiary/aromatic N) is 1. The minimum Gasteiger partial charge on any atom is -0.465 e. The summed E-state index contributed by atoms with van der Waals surface area (Å²) in [7, 11) is 0. The number of carbonyl (C=O) groups excluding carboxylic acids is 2. The number of amides is 1. The van der Waals surface area contributed by atoms with Crippen LogP contribution in [0.4, 0.5) is 4.39 Å². The number of aromatic amines is 1. The highest BCUT2D eigenvalue weighted by molar-refractivity contribution is 5.91. The van der Waals surface area contributed by atoms with Crippen LogP contribution in [-0.4, -0.2) is 34.9 Å². The van der Waals surface area contributed by atoms with Crippen molar-refractivity contribution in [1.29, 1.82) is 0 Å². The summed E-state index contributed by atoms with van der Waals surface area (Å²) in [5.74, 6) is -1.46. The Hall–Kier alpha value is -3.41. The first-order chi connectivity index (χ1) is 16.0. The molecule has 2 atom stereocenters. The Morgan fingerprint density at radius 2 is 2.03 bits per heavy atom. The number of hydrogen-bond donors (Lipinski definition) is 1. The summed E-state index contributed by atoms with van der Waals surface area (Å²) in [5.41, 5.74) is 5.53. The van der Waals surface area contributed by atoms with Crippen molar-refractivity contribution in [2.75, 3.05) is 13.2 Å². The molecule has 3 aromatic rings. The van der Waals surface area contributed by atoms with Crippen LogP contribution in [0, 0.1) is 12.7 Å². The molecule has 33 heavy (non-hydrogen) atoms. The number of halogens is 1. The van der Waals surface area contributed by atoms with Crippen molar-refractivity contribution in [1.82, 2.24) is 9.88 Å². The number of esters is 1. The van der Waals surface area contributed by atoms with E-state index in [1.165, 1.54) is 12.1 Å². The van der Waals surface area contributed by atoms with E-state index in [4.69, 9.17) is 4.74 Å². The van der Waals surface area contributed by atoms with Crippen molar-refractivity contribution in [2.24, 2.45) is 0 Å². The largest absolute Gasteiger partial charge is 0.465 e. The minimum absolute atomic E-state index is 0.0913. The maximum atomic E-state index is 14.1. The highest BCUT2D eigenvalue weighted by atomic mass is 19.1. The fraction of sp³-hybridized carbons (Fsp3) is 0.333. The molecule has 1 N–H and O–H groups in total. The molecule has 1 aliphatic heterocycles. The van der Waals surface area contributed by atoms with E-state index >= 15 is 0 Å². The van der Waals surface area contributed by atoms with Gasteiger partial charge in [-0.25, -0.2) is 4.39 Å². The van der Waals surface area contributed by atoms with Crippen molar-refractivity contribution < 1.29 is 18.7 Å². The molecule has 1 amide bonds. The molecule has 1 aliphatic carbocycles. The second-order valence-corrected chi connectivity index (χ2v) is 8.90. The Bertz CT molecular complexity index is 1260. The first kappa shape index (κ1) is 21.4. The van der Waals surface area contributed by atoms with Gasteiger partial charge in [-0.1, -0.05) is 29.8 Å². The molecule has 0 spiro atoms. The number of ether oxygens (including phenoxy) is 1. The summed E-state index contributed by atoms with van der Waals surface area (Å²) < 4.78 is 19.7. The number of rotatable bonds is 4. The molecular formula is C27H27FN2O3. The maximum absolute atomic E-state index is 14.1. The summed E-state index contributed by atoms with van der Waals surface area (Å²) in [5, 5.41) is 0.764. The number of H-pyrrole nitrogens is 1. The first-order valence-electron chi connectivity index (χ1n) is 11.5. The third kappa shape index (κ3) is 3.84. The van der Waals surface area contributed by atoms with Crippen molar-refractivity contribution in [3.05, 3.63) is 82.4 Å². The summed E-state index contributed by atoms with van der Waals surface area (Å²) in [6.45, 7) is 4.76. The summed E-state index contributed by atoms with van der Waals surface area (Å²) >= 11 is 0. The van der Waals surface area contributed by atoms with Gasteiger partial charge in [0.1, 0.15) is 11.7 Å². The smallest absolute Gasteiger partial charge is 0.315 e. The molecule has 5 rings (SSSR count). The number of nitrogens with one attached hydrogen (secondary N) is 1. The monoisotopic (exact) mass is 446 g/mol. The fourth-order valence-corrected chi connectivity index (χ4v) is 5.19. The van der Waals surface area contributed by atoms with Crippen molar-refractivity contribution >= 4 is 22.8 Å². The Kier molecular flexibility index (Phi) is 5.52. The van der Waals surface area contributed by atoms with Crippen LogP contribution in [0.2, 0.25) is 0 Å². The SMILES string of the molecule is CCOC(=O)C1c2[nH]c3ccc(F)cc3c2C/C(=C\N2CCCC2=O)C1c1ccc(C)cc1. The quantitative estimate of drug-likeness (QED) is 0.567. The van der Waals surface area contributed by atoms with Gasteiger partial charge in [-0.3, -0.25) is 9.59 Å². The molecule has 2 unspecified atom stereocenters. The van der Waals surface area contributed by atoms with E-state index in [9.17, 15) is 14.0 Å². The molecule has 0 saturated carbocycles. The summed E-state index contributed by atoms with van der Waals surface area (Å²) in [4.78, 5) is 31.0. The highest BCUT2D eigenvalue weighted by Crippen LogP contribution is 2.48. The van der Waals surface area contributed by atoms with Crippen LogP contribution in [0.1, 0.15) is 54.0 Å². The van der Waals surface area contributed by atoms with Gasteiger partial charge in [0.15, 0.2) is 0 Å². The zero-order valence-electron chi connectivity index (χ0n) is 18.9. The molecule has 0 bridgehead atoms. The number of fused-ring (bicyclic) bond motifs is 3. The van der Waals surface area contributed by atoms with E-state index in [1.807, 2.05) is 37.4 Å². The van der Waals surface area contributed by atoms with E-state index < -0.39 is 5.92 Å². The Morgan fingerprint density at radius 1 is 1.24 bits per heavy atom. The predicted molar refractivity (Wildman–Crippen MR) is 124 cm³/mol. The van der Waals surface area contributed by atoms with Gasteiger partial charge in [-0.2, -0.15) is 0 Å². The van der Waals surface area contributed by atoms with E-state index in [2.05, 4.69) is 4.98 Å². The predicted octanol–water partition coefficient (Wildman–Crippen LogP) is 5.11. The standard InChI is InChI=1S/C27H27FN2O3/c1-3-33-27(32)25-24(17-8-6-16(2)7-9-17)18(15-30-12-4-5-23(30)31)13-21-20-14-19(28)10-11-22(20)29-26(21)25/h6-11,14-15,24-25,29H,3-5,12-13H2,1-2H3/b18-15+. The molecule has 2 heterocycles. The Labute approximate surface area is 192 Å². The van der Waals surface area contributed by atoms with Crippen LogP contribution in [0.3, 0.4) is 0 Å². The Balaban J connectivity index is 1.74. The van der Waals surface area contributed by atoms with Crippen LogP contribution in [0.25, 0.3) is 10.9 Å². The lowest BCUT2D eigenvalue weighted by Gasteiger charge is -2.34. The van der Waals surface area contributed by atoms with Gasteiger partial charge in [0, 0.05) is 41.7 Å². The third-order valence-corrected chi connectivity index (χ3v) is 6.73. The normalized spacial score (nSPS) is 21.6. The van der Waals surface area contributed by atoms with Crippen molar-refractivity contribution in [3.8, 4) is 0 Å². The fourth-order valence-electron chi connectivity index (χ4n) is 5.19. The van der Waals surface area contributed by atoms with Gasteiger partial charge >= 0.3 is 5.97 Å². The lowest BCUT2D eigenvalue weighted by atomic mass is 9.71. The number of hydrogen-bond acceptors (Lipinski definition) is 3. The number of allylic oxidation sites excluding steroid dienone is 1. The molecule has 1 aromatic heterocycles. The van der Waals surface area contributed by atoms with Gasteiger partial charge in [-0.15, -0.1) is 0 Å². The third-order valence-electron chi connectivity index (χ3n) is 6.73. The zero-order valence-corrected chi connectivity index (χ0v) is 18.9. The topological polar surface area (TPSA) is 62.4 Å². The molecule has 6 heteroatoms. The molecular weight excluding hydrogens is 419 g/mol. The molecule has 2 aromatic carbocycles. The molecule has 0 radical (unpaired) electrons. The van der Waals surface area contributed by atoms with Gasteiger partial charge in [0.25, 0.3) is 0 Å². The van der Waals surface area contributed by atoms with Gasteiger partial charge < -0.3 is 14.6 Å². The van der Waals surface area contributed by atoms with E-state index in [0.29, 0.717) is 19.4 Å². The average molecular weight is 447 g/mol. The highest BCUT2D eigenvalue weighted by Gasteiger charge is 2.42. The van der Waals surface area contributed by atoms with Gasteiger partial charge in [-0.05, 0) is 61.6 Å². The van der Waals surface area contributed by atoms with Crippen LogP contribution >= 0.6 is 0 Å².